The molecule has 0 radical (unpaired) electrons. The number of nitrogens with one attached hydrogen (secondary N) is 1. The molecule has 0 bridgehead atoms. The molecule has 15 heavy (non-hydrogen) atoms. The number of hydrogen-bond acceptors (Lipinski definition) is 4. The summed E-state index contributed by atoms with van der Waals surface area (Å²) in [4.78, 5) is 21.3. The van der Waals surface area contributed by atoms with E-state index >= 15 is 0 Å². The van der Waals surface area contributed by atoms with Crippen LogP contribution < -0.4 is 5.32 Å². The molecule has 0 unspecified atom stereocenters. The molecule has 0 rings (SSSR count). The fraction of sp³-hybridized carbons (Fsp3) is 0.714. The lowest BCUT2D eigenvalue weighted by atomic mass is 10.2. The van der Waals surface area contributed by atoms with Crippen molar-refractivity contribution in [2.45, 2.75) is 25.7 Å². The van der Waals surface area contributed by atoms with E-state index in [4.69, 9.17) is 5.11 Å². The number of hydrogen-bond donors (Lipinski definition) is 2. The second kappa shape index (κ2) is 4.47. The van der Waals surface area contributed by atoms with Crippen molar-refractivity contribution >= 4 is 11.9 Å². The van der Waals surface area contributed by atoms with Crippen LogP contribution in [0.4, 0.5) is 13.2 Å². The zero-order chi connectivity index (χ0) is 12.3. The maximum absolute atomic E-state index is 12.3. The summed E-state index contributed by atoms with van der Waals surface area (Å²) in [5.74, 6) is -3.17. The zero-order valence-corrected chi connectivity index (χ0v) is 8.01. The number of aliphatic hydroxyl groups is 1. The highest BCUT2D eigenvalue weighted by Crippen LogP contribution is 2.29. The van der Waals surface area contributed by atoms with Crippen LogP contribution in [-0.2, 0) is 14.3 Å². The number of esters is 1. The van der Waals surface area contributed by atoms with Crippen molar-refractivity contribution < 1.29 is 32.6 Å². The van der Waals surface area contributed by atoms with E-state index in [0.717, 1.165) is 12.2 Å². The van der Waals surface area contributed by atoms with E-state index in [-0.39, 0.29) is 6.61 Å². The fourth-order valence-corrected chi connectivity index (χ4v) is 0.728. The van der Waals surface area contributed by atoms with Crippen molar-refractivity contribution in [1.29, 1.82) is 0 Å². The van der Waals surface area contributed by atoms with Gasteiger partial charge in [-0.15, -0.1) is 0 Å². The molecule has 0 saturated heterocycles. The third kappa shape index (κ3) is 3.08. The minimum Gasteiger partial charge on any atom is -0.462 e. The van der Waals surface area contributed by atoms with Crippen LogP contribution in [0.1, 0.15) is 13.8 Å². The van der Waals surface area contributed by atoms with E-state index in [9.17, 15) is 22.8 Å². The molecule has 8 heteroatoms. The van der Waals surface area contributed by atoms with E-state index < -0.39 is 23.8 Å². The molecule has 0 aliphatic carbocycles. The molecule has 1 atom stereocenters. The maximum Gasteiger partial charge on any atom is 0.448 e. The van der Waals surface area contributed by atoms with Crippen LogP contribution in [0.3, 0.4) is 0 Å². The van der Waals surface area contributed by atoms with Gasteiger partial charge in [-0.3, -0.25) is 4.79 Å². The minimum atomic E-state index is -5.34. The first-order valence-corrected chi connectivity index (χ1v) is 3.90. The molecule has 0 aromatic carbocycles. The minimum absolute atomic E-state index is 0.350. The third-order valence-electron chi connectivity index (χ3n) is 1.34. The number of rotatable bonds is 3. The molecule has 5 nitrogen and oxygen atoms in total. The smallest absolute Gasteiger partial charge is 0.448 e. The quantitative estimate of drug-likeness (QED) is 0.525. The summed E-state index contributed by atoms with van der Waals surface area (Å²) >= 11 is 0. The lowest BCUT2D eigenvalue weighted by molar-refractivity contribution is -0.271. The lowest BCUT2D eigenvalue weighted by Crippen LogP contribution is -2.64. The van der Waals surface area contributed by atoms with Gasteiger partial charge in [0.2, 0.25) is 5.91 Å². The molecule has 0 aliphatic heterocycles. The van der Waals surface area contributed by atoms with E-state index in [1.807, 2.05) is 0 Å². The second-order valence-corrected chi connectivity index (χ2v) is 2.61. The van der Waals surface area contributed by atoms with Crippen LogP contribution >= 0.6 is 0 Å². The summed E-state index contributed by atoms with van der Waals surface area (Å²) in [7, 11) is 0. The fourth-order valence-electron chi connectivity index (χ4n) is 0.728. The second-order valence-electron chi connectivity index (χ2n) is 2.61. The summed E-state index contributed by atoms with van der Waals surface area (Å²) in [5, 5.41) is 10.1. The Kier molecular flexibility index (Phi) is 4.08. The number of carbonyl (C=O) groups is 2. The van der Waals surface area contributed by atoms with E-state index in [1.54, 1.807) is 0 Å². The molecular formula is C7H10F3NO4. The average molecular weight is 229 g/mol. The van der Waals surface area contributed by atoms with Crippen LogP contribution in [0.15, 0.2) is 0 Å². The molecular weight excluding hydrogens is 219 g/mol. The number of alkyl halides is 3. The Morgan fingerprint density at radius 3 is 2.13 bits per heavy atom. The van der Waals surface area contributed by atoms with Crippen molar-refractivity contribution in [3.63, 3.8) is 0 Å². The molecule has 88 valence electrons. The maximum atomic E-state index is 12.3. The molecule has 1 amide bonds. The highest BCUT2D eigenvalue weighted by molar-refractivity contribution is 5.86. The first-order valence-electron chi connectivity index (χ1n) is 3.90. The normalized spacial score (nSPS) is 15.3. The van der Waals surface area contributed by atoms with Gasteiger partial charge in [-0.2, -0.15) is 13.2 Å². The molecule has 0 spiro atoms. The first kappa shape index (κ1) is 13.7. The van der Waals surface area contributed by atoms with Gasteiger partial charge in [0.05, 0.1) is 6.61 Å². The number of carbonyl (C=O) groups excluding carboxylic acids is 2. The van der Waals surface area contributed by atoms with Crippen LogP contribution in [-0.4, -0.2) is 35.5 Å². The summed E-state index contributed by atoms with van der Waals surface area (Å²) in [6, 6.07) is 0. The van der Waals surface area contributed by atoms with Crippen molar-refractivity contribution in [2.75, 3.05) is 6.61 Å². The zero-order valence-electron chi connectivity index (χ0n) is 8.01. The number of amides is 1. The number of halogens is 3. The van der Waals surface area contributed by atoms with Gasteiger partial charge >= 0.3 is 17.9 Å². The molecule has 0 heterocycles. The predicted molar refractivity (Wildman–Crippen MR) is 41.5 cm³/mol. The Hall–Kier alpha value is -1.31. The Bertz CT molecular complexity index is 265. The van der Waals surface area contributed by atoms with Gasteiger partial charge in [-0.05, 0) is 6.92 Å². The monoisotopic (exact) mass is 229 g/mol. The van der Waals surface area contributed by atoms with Gasteiger partial charge in [0.25, 0.3) is 0 Å². The van der Waals surface area contributed by atoms with Gasteiger partial charge in [-0.1, -0.05) is 0 Å². The van der Waals surface area contributed by atoms with Crippen molar-refractivity contribution in [2.24, 2.45) is 0 Å². The third-order valence-corrected chi connectivity index (χ3v) is 1.34. The Morgan fingerprint density at radius 1 is 1.40 bits per heavy atom. The van der Waals surface area contributed by atoms with Crippen molar-refractivity contribution in [3.05, 3.63) is 0 Å². The van der Waals surface area contributed by atoms with E-state index in [1.165, 1.54) is 6.92 Å². The van der Waals surface area contributed by atoms with E-state index in [0.29, 0.717) is 0 Å². The Balaban J connectivity index is 5.02. The van der Waals surface area contributed by atoms with Crippen LogP contribution in [0.2, 0.25) is 0 Å². The average Bonchev–Trinajstić information content (AvgIpc) is 2.01. The SMILES string of the molecule is CCOC(=O)[C@@](O)(NC(C)=O)C(F)(F)F. The predicted octanol–water partition coefficient (Wildman–Crippen LogP) is -0.0635. The Morgan fingerprint density at radius 2 is 1.87 bits per heavy atom. The van der Waals surface area contributed by atoms with E-state index in [2.05, 4.69) is 4.74 Å². The molecule has 0 aromatic rings. The first-order chi connectivity index (χ1) is 6.65. The number of ether oxygens (including phenoxy) is 1. The van der Waals surface area contributed by atoms with Gasteiger partial charge in [-0.25, -0.2) is 4.79 Å². The van der Waals surface area contributed by atoms with Crippen LogP contribution in [0, 0.1) is 0 Å². The van der Waals surface area contributed by atoms with Gasteiger partial charge in [0.1, 0.15) is 0 Å². The standard InChI is InChI=1S/C7H10F3NO4/c1-3-15-5(13)6(14,7(8,9)10)11-4(2)12/h14H,3H2,1-2H3,(H,11,12)/t6-/m0/s1. The molecule has 0 aliphatic rings. The largest absolute Gasteiger partial charge is 0.462 e. The van der Waals surface area contributed by atoms with Crippen LogP contribution in [0.5, 0.6) is 0 Å². The lowest BCUT2D eigenvalue weighted by Gasteiger charge is -2.27. The molecule has 0 aromatic heterocycles. The molecule has 2 N–H and O–H groups in total. The van der Waals surface area contributed by atoms with Crippen molar-refractivity contribution in [3.8, 4) is 0 Å². The summed E-state index contributed by atoms with van der Waals surface area (Å²) in [6.45, 7) is 1.65. The van der Waals surface area contributed by atoms with Gasteiger partial charge in [0, 0.05) is 6.92 Å². The van der Waals surface area contributed by atoms with Gasteiger partial charge < -0.3 is 15.2 Å². The highest BCUT2D eigenvalue weighted by Gasteiger charge is 2.62. The molecule has 0 saturated carbocycles. The topological polar surface area (TPSA) is 75.6 Å². The van der Waals surface area contributed by atoms with Crippen LogP contribution in [0.25, 0.3) is 0 Å². The highest BCUT2D eigenvalue weighted by atomic mass is 19.4. The van der Waals surface area contributed by atoms with Gasteiger partial charge in [0.15, 0.2) is 0 Å². The molecule has 0 fully saturated rings. The summed E-state index contributed by atoms with van der Waals surface area (Å²) in [5.41, 5.74) is -3.99. The summed E-state index contributed by atoms with van der Waals surface area (Å²) < 4.78 is 40.8. The summed E-state index contributed by atoms with van der Waals surface area (Å²) in [6.07, 6.45) is -5.34. The van der Waals surface area contributed by atoms with Crippen molar-refractivity contribution in [1.82, 2.24) is 5.32 Å². The Labute approximate surface area is 83.2 Å².